The summed E-state index contributed by atoms with van der Waals surface area (Å²) in [7, 11) is 0. The van der Waals surface area contributed by atoms with Gasteiger partial charge in [-0.3, -0.25) is 0 Å². The van der Waals surface area contributed by atoms with Crippen molar-refractivity contribution in [1.82, 2.24) is 19.6 Å². The average molecular weight is 807 g/mol. The maximum atomic E-state index is 5.78. The first kappa shape index (κ1) is 36.9. The lowest BCUT2D eigenvalue weighted by Gasteiger charge is -2.18. The second-order valence-corrected chi connectivity index (χ2v) is 16.5. The molecule has 4 nitrogen and oxygen atoms in total. The number of pyridine rings is 1. The molecule has 4 heteroatoms. The Balaban J connectivity index is 1.12. The molecule has 12 rings (SSSR count). The van der Waals surface area contributed by atoms with Crippen LogP contribution in [0.5, 0.6) is 0 Å². The van der Waals surface area contributed by atoms with Crippen molar-refractivity contribution < 1.29 is 0 Å². The molecule has 0 radical (unpaired) electrons. The predicted octanol–water partition coefficient (Wildman–Crippen LogP) is 15.3. The van der Waals surface area contributed by atoms with Gasteiger partial charge in [0, 0.05) is 44.7 Å². The van der Waals surface area contributed by atoms with E-state index in [1.807, 2.05) is 0 Å². The van der Waals surface area contributed by atoms with Crippen LogP contribution >= 0.6 is 0 Å². The topological polar surface area (TPSA) is 43.1 Å². The molecule has 0 spiro atoms. The van der Waals surface area contributed by atoms with Crippen LogP contribution in [0, 0.1) is 0 Å². The van der Waals surface area contributed by atoms with Crippen molar-refractivity contribution in [3.05, 3.63) is 224 Å². The Morgan fingerprint density at radius 1 is 0.508 bits per heavy atom. The van der Waals surface area contributed by atoms with Gasteiger partial charge in [-0.1, -0.05) is 200 Å². The zero-order valence-electron chi connectivity index (χ0n) is 34.7. The maximum Gasteiger partial charge on any atom is 0.159 e. The van der Waals surface area contributed by atoms with Gasteiger partial charge in [0.1, 0.15) is 5.69 Å². The zero-order chi connectivity index (χ0) is 41.7. The highest BCUT2D eigenvalue weighted by Gasteiger charge is 2.26. The summed E-state index contributed by atoms with van der Waals surface area (Å²) in [5.74, 6) is 0.998. The van der Waals surface area contributed by atoms with Gasteiger partial charge in [-0.05, 0) is 69.5 Å². The molecule has 0 aliphatic heterocycles. The number of allylic oxidation sites excluding steroid dienone is 8. The van der Waals surface area contributed by atoms with Crippen LogP contribution in [-0.4, -0.2) is 19.6 Å². The van der Waals surface area contributed by atoms with Gasteiger partial charge in [0.25, 0.3) is 0 Å². The summed E-state index contributed by atoms with van der Waals surface area (Å²) >= 11 is 0. The summed E-state index contributed by atoms with van der Waals surface area (Å²) in [6, 6.07) is 61.4. The second kappa shape index (κ2) is 15.5. The number of fused-ring (bicyclic) bond motifs is 6. The fourth-order valence-electron chi connectivity index (χ4n) is 9.76. The summed E-state index contributed by atoms with van der Waals surface area (Å²) in [6.07, 6.45) is 18.4. The number of hydrogen-bond donors (Lipinski definition) is 0. The Hall–Kier alpha value is -7.95. The van der Waals surface area contributed by atoms with Gasteiger partial charge in [0.15, 0.2) is 5.82 Å². The molecule has 1 atom stereocenters. The van der Waals surface area contributed by atoms with Crippen molar-refractivity contribution in [2.45, 2.75) is 25.2 Å². The third-order valence-corrected chi connectivity index (χ3v) is 12.7. The molecule has 2 aliphatic carbocycles. The van der Waals surface area contributed by atoms with E-state index in [2.05, 4.69) is 217 Å². The van der Waals surface area contributed by atoms with Crippen molar-refractivity contribution in [2.75, 3.05) is 0 Å². The van der Waals surface area contributed by atoms with Gasteiger partial charge in [-0.25, -0.2) is 14.5 Å². The Bertz CT molecular complexity index is 3520. The van der Waals surface area contributed by atoms with Gasteiger partial charge in [0.05, 0.1) is 22.6 Å². The lowest BCUT2D eigenvalue weighted by Crippen LogP contribution is -2.06. The molecule has 298 valence electrons. The highest BCUT2D eigenvalue weighted by atomic mass is 15.2. The fourth-order valence-corrected chi connectivity index (χ4v) is 9.76. The lowest BCUT2D eigenvalue weighted by molar-refractivity contribution is 0.805. The minimum atomic E-state index is 0.210. The fraction of sp³-hybridized carbons (Fsp3) is 0.0678. The van der Waals surface area contributed by atoms with Gasteiger partial charge in [-0.2, -0.15) is 5.10 Å². The third kappa shape index (κ3) is 6.42. The Labute approximate surface area is 366 Å². The summed E-state index contributed by atoms with van der Waals surface area (Å²) in [5.41, 5.74) is 13.9. The summed E-state index contributed by atoms with van der Waals surface area (Å²) < 4.78 is 2.24. The van der Waals surface area contributed by atoms with Crippen LogP contribution in [-0.2, 0) is 0 Å². The molecule has 10 aromatic rings. The molecule has 0 amide bonds. The highest BCUT2D eigenvalue weighted by molar-refractivity contribution is 6.18. The summed E-state index contributed by atoms with van der Waals surface area (Å²) in [6.45, 7) is 0. The van der Waals surface area contributed by atoms with E-state index in [1.165, 1.54) is 26.9 Å². The smallest absolute Gasteiger partial charge is 0.159 e. The average Bonchev–Trinajstić information content (AvgIpc) is 3.77. The maximum absolute atomic E-state index is 5.78. The van der Waals surface area contributed by atoms with E-state index in [0.29, 0.717) is 0 Å². The van der Waals surface area contributed by atoms with Crippen molar-refractivity contribution in [3.63, 3.8) is 0 Å². The highest BCUT2D eigenvalue weighted by Crippen LogP contribution is 2.47. The van der Waals surface area contributed by atoms with Crippen LogP contribution in [0.2, 0.25) is 0 Å². The molecule has 63 heavy (non-hydrogen) atoms. The molecule has 0 saturated carbocycles. The molecule has 0 N–H and O–H groups in total. The number of hydrogen-bond acceptors (Lipinski definition) is 3. The van der Waals surface area contributed by atoms with Crippen LogP contribution in [0.3, 0.4) is 0 Å². The summed E-state index contributed by atoms with van der Waals surface area (Å²) in [5, 5.41) is 12.9. The molecule has 3 heterocycles. The first-order chi connectivity index (χ1) is 31.3. The van der Waals surface area contributed by atoms with Crippen molar-refractivity contribution in [3.8, 4) is 56.0 Å². The molecular weight excluding hydrogens is 765 g/mol. The van der Waals surface area contributed by atoms with Crippen molar-refractivity contribution in [1.29, 1.82) is 0 Å². The normalized spacial score (nSPS) is 14.9. The molecular formula is C59H42N4. The van der Waals surface area contributed by atoms with E-state index >= 15 is 0 Å². The molecule has 0 bridgehead atoms. The van der Waals surface area contributed by atoms with Crippen LogP contribution in [0.25, 0.3) is 99.4 Å². The first-order valence-electron chi connectivity index (χ1n) is 22.0. The predicted molar refractivity (Wildman–Crippen MR) is 262 cm³/mol. The number of nitrogens with zero attached hydrogens (tertiary/aromatic N) is 4. The Morgan fingerprint density at radius 2 is 1.17 bits per heavy atom. The van der Waals surface area contributed by atoms with Gasteiger partial charge >= 0.3 is 0 Å². The number of aromatic nitrogens is 4. The summed E-state index contributed by atoms with van der Waals surface area (Å²) in [4.78, 5) is 10.3. The third-order valence-electron chi connectivity index (χ3n) is 12.7. The quantitative estimate of drug-likeness (QED) is 0.151. The van der Waals surface area contributed by atoms with E-state index in [9.17, 15) is 0 Å². The minimum Gasteiger partial charge on any atom is -0.232 e. The van der Waals surface area contributed by atoms with E-state index < -0.39 is 0 Å². The minimum absolute atomic E-state index is 0.210. The Morgan fingerprint density at radius 3 is 1.92 bits per heavy atom. The van der Waals surface area contributed by atoms with Gasteiger partial charge in [-0.15, -0.1) is 0 Å². The molecule has 0 saturated heterocycles. The number of benzene rings is 7. The largest absolute Gasteiger partial charge is 0.232 e. The standard InChI is InChI=1S/C59H42N4/c1-5-19-39(20-6-1)52-38-53(61-59(60-52)44-25-11-4-12-26-44)40-33-35-42(36-34-40)54-49-31-17-18-32-50(49)58-55(41-21-7-2-8-22-41)56(62-63(58)57(54)43-23-9-3-10-24-43)51-37-45-27-13-14-28-46(45)47-29-15-16-30-48(47)51/h1-3,5-11,13-19,21-39H,4,12,20H2. The monoisotopic (exact) mass is 806 g/mol. The van der Waals surface area contributed by atoms with Crippen molar-refractivity contribution >= 4 is 43.4 Å². The van der Waals surface area contributed by atoms with E-state index in [1.54, 1.807) is 0 Å². The number of rotatable bonds is 7. The van der Waals surface area contributed by atoms with E-state index in [0.717, 1.165) is 103 Å². The van der Waals surface area contributed by atoms with Gasteiger partial charge in [0.2, 0.25) is 0 Å². The Kier molecular flexibility index (Phi) is 9.07. The SMILES string of the molecule is C1=CCC(c2cc(-c3ccc(-c4c(-c5ccccc5)n5nc(-c6cc7ccccc7c7ccccc67)c(-c6ccccc6)c5c5ccccc45)cc3)nc(C3=CCCC=C3)n2)C=C1. The van der Waals surface area contributed by atoms with E-state index in [4.69, 9.17) is 15.1 Å². The lowest BCUT2D eigenvalue weighted by atomic mass is 9.89. The van der Waals surface area contributed by atoms with Crippen LogP contribution in [0.4, 0.5) is 0 Å². The molecule has 1 unspecified atom stereocenters. The first-order valence-corrected chi connectivity index (χ1v) is 22.0. The van der Waals surface area contributed by atoms with Crippen LogP contribution < -0.4 is 0 Å². The molecule has 7 aromatic carbocycles. The van der Waals surface area contributed by atoms with Crippen LogP contribution in [0.15, 0.2) is 212 Å². The molecule has 0 fully saturated rings. The zero-order valence-corrected chi connectivity index (χ0v) is 34.7. The van der Waals surface area contributed by atoms with Crippen LogP contribution in [0.1, 0.15) is 36.7 Å². The second-order valence-electron chi connectivity index (χ2n) is 16.5. The van der Waals surface area contributed by atoms with Crippen molar-refractivity contribution in [2.24, 2.45) is 0 Å². The molecule has 3 aromatic heterocycles. The molecule has 2 aliphatic rings. The van der Waals surface area contributed by atoms with E-state index in [-0.39, 0.29) is 5.92 Å². The van der Waals surface area contributed by atoms with Gasteiger partial charge < -0.3 is 0 Å².